The Morgan fingerprint density at radius 3 is 1.76 bits per heavy atom. The summed E-state index contributed by atoms with van der Waals surface area (Å²) >= 11 is 0. The molecule has 0 radical (unpaired) electrons. The van der Waals surface area contributed by atoms with Crippen LogP contribution in [0.5, 0.6) is 0 Å². The van der Waals surface area contributed by atoms with Crippen LogP contribution in [0.4, 0.5) is 17.1 Å². The van der Waals surface area contributed by atoms with Crippen molar-refractivity contribution < 1.29 is 4.42 Å². The molecule has 0 amide bonds. The standard InChI is InChI=1S/C48H32N2O/c1-3-16-33(17-4-1)41-32-35(49(34-18-5-2-6-19-34)45-27-15-29-47-48(45)40-23-10-14-28-46(40)51-47)30-31-36(41)37-20-7-11-24-42(37)50-43-25-12-8-21-38(43)39-22-9-13-26-44(39)50/h1-32H. The normalized spacial score (nSPS) is 11.5. The molecule has 51 heavy (non-hydrogen) atoms. The van der Waals surface area contributed by atoms with Gasteiger partial charge in [0.05, 0.1) is 27.8 Å². The zero-order chi connectivity index (χ0) is 33.7. The number of fused-ring (bicyclic) bond motifs is 6. The highest BCUT2D eigenvalue weighted by Gasteiger charge is 2.22. The summed E-state index contributed by atoms with van der Waals surface area (Å²) in [4.78, 5) is 2.36. The predicted molar refractivity (Wildman–Crippen MR) is 214 cm³/mol. The Morgan fingerprint density at radius 2 is 1.00 bits per heavy atom. The van der Waals surface area contributed by atoms with Crippen molar-refractivity contribution >= 4 is 60.8 Å². The number of nitrogens with zero attached hydrogens (tertiary/aromatic N) is 2. The molecule has 0 saturated carbocycles. The molecule has 2 heterocycles. The third kappa shape index (κ3) is 4.74. The Hall–Kier alpha value is -6.84. The average molecular weight is 653 g/mol. The molecule has 0 unspecified atom stereocenters. The van der Waals surface area contributed by atoms with Gasteiger partial charge in [-0.1, -0.05) is 133 Å². The molecule has 10 aromatic rings. The van der Waals surface area contributed by atoms with Crippen molar-refractivity contribution in [2.75, 3.05) is 4.90 Å². The first-order valence-electron chi connectivity index (χ1n) is 17.4. The van der Waals surface area contributed by atoms with Crippen LogP contribution in [0.25, 0.3) is 71.7 Å². The van der Waals surface area contributed by atoms with E-state index < -0.39 is 0 Å². The van der Waals surface area contributed by atoms with Gasteiger partial charge in [-0.05, 0) is 77.4 Å². The first kappa shape index (κ1) is 29.1. The number of benzene rings is 8. The van der Waals surface area contributed by atoms with Crippen molar-refractivity contribution in [1.29, 1.82) is 0 Å². The third-order valence-electron chi connectivity index (χ3n) is 10.00. The Labute approximate surface area is 295 Å². The molecule has 0 saturated heterocycles. The Bertz CT molecular complexity index is 2810. The van der Waals surface area contributed by atoms with Gasteiger partial charge in [0.25, 0.3) is 0 Å². The van der Waals surface area contributed by atoms with E-state index >= 15 is 0 Å². The van der Waals surface area contributed by atoms with E-state index in [2.05, 4.69) is 191 Å². The summed E-state index contributed by atoms with van der Waals surface area (Å²) < 4.78 is 8.79. The van der Waals surface area contributed by atoms with Gasteiger partial charge < -0.3 is 13.9 Å². The molecule has 10 rings (SSSR count). The summed E-state index contributed by atoms with van der Waals surface area (Å²) in [6.07, 6.45) is 0. The van der Waals surface area contributed by atoms with Gasteiger partial charge in [0.1, 0.15) is 11.2 Å². The molecule has 0 N–H and O–H groups in total. The molecule has 0 aliphatic carbocycles. The minimum atomic E-state index is 0.870. The van der Waals surface area contributed by atoms with E-state index in [4.69, 9.17) is 4.42 Å². The van der Waals surface area contributed by atoms with Gasteiger partial charge in [-0.2, -0.15) is 0 Å². The van der Waals surface area contributed by atoms with Crippen LogP contribution in [0.1, 0.15) is 0 Å². The fourth-order valence-corrected chi connectivity index (χ4v) is 7.79. The highest BCUT2D eigenvalue weighted by Crippen LogP contribution is 2.46. The minimum absolute atomic E-state index is 0.870. The SMILES string of the molecule is c1ccc(-c2cc(N(c3ccccc3)c3cccc4oc5ccccc5c34)ccc2-c2ccccc2-n2c3ccccc3c3ccccc32)cc1. The maximum absolute atomic E-state index is 6.37. The van der Waals surface area contributed by atoms with Gasteiger partial charge in [-0.3, -0.25) is 0 Å². The van der Waals surface area contributed by atoms with Crippen LogP contribution >= 0.6 is 0 Å². The van der Waals surface area contributed by atoms with E-state index in [0.29, 0.717) is 0 Å². The van der Waals surface area contributed by atoms with Crippen LogP contribution < -0.4 is 4.90 Å². The Balaban J connectivity index is 1.24. The quantitative estimate of drug-likeness (QED) is 0.178. The van der Waals surface area contributed by atoms with Crippen molar-refractivity contribution in [2.45, 2.75) is 0 Å². The number of hydrogen-bond acceptors (Lipinski definition) is 2. The highest BCUT2D eigenvalue weighted by molar-refractivity contribution is 6.14. The largest absolute Gasteiger partial charge is 0.456 e. The van der Waals surface area contributed by atoms with E-state index in [1.807, 2.05) is 12.1 Å². The molecule has 0 bridgehead atoms. The first-order valence-corrected chi connectivity index (χ1v) is 17.4. The lowest BCUT2D eigenvalue weighted by Crippen LogP contribution is -2.10. The summed E-state index contributed by atoms with van der Waals surface area (Å²) in [5.74, 6) is 0. The molecule has 0 fully saturated rings. The van der Waals surface area contributed by atoms with Gasteiger partial charge >= 0.3 is 0 Å². The van der Waals surface area contributed by atoms with Gasteiger partial charge in [0.15, 0.2) is 0 Å². The lowest BCUT2D eigenvalue weighted by molar-refractivity contribution is 0.669. The monoisotopic (exact) mass is 652 g/mol. The smallest absolute Gasteiger partial charge is 0.137 e. The molecule has 0 aliphatic rings. The molecular formula is C48H32N2O. The fraction of sp³-hybridized carbons (Fsp3) is 0. The lowest BCUT2D eigenvalue weighted by atomic mass is 9.92. The second kappa shape index (κ2) is 11.9. The maximum Gasteiger partial charge on any atom is 0.137 e. The van der Waals surface area contributed by atoms with Gasteiger partial charge in [-0.25, -0.2) is 0 Å². The topological polar surface area (TPSA) is 21.3 Å². The minimum Gasteiger partial charge on any atom is -0.456 e. The van der Waals surface area contributed by atoms with Crippen LogP contribution in [0.2, 0.25) is 0 Å². The molecule has 3 nitrogen and oxygen atoms in total. The van der Waals surface area contributed by atoms with Crippen molar-refractivity contribution in [3.05, 3.63) is 194 Å². The predicted octanol–water partition coefficient (Wildman–Crippen LogP) is 13.5. The van der Waals surface area contributed by atoms with E-state index in [1.54, 1.807) is 0 Å². The average Bonchev–Trinajstić information content (AvgIpc) is 3.75. The number of furan rings is 1. The number of hydrogen-bond donors (Lipinski definition) is 0. The first-order chi connectivity index (χ1) is 25.3. The second-order valence-corrected chi connectivity index (χ2v) is 12.9. The van der Waals surface area contributed by atoms with Crippen molar-refractivity contribution in [1.82, 2.24) is 4.57 Å². The van der Waals surface area contributed by atoms with Crippen molar-refractivity contribution in [2.24, 2.45) is 0 Å². The summed E-state index contributed by atoms with van der Waals surface area (Å²) in [5, 5.41) is 4.70. The van der Waals surface area contributed by atoms with Crippen molar-refractivity contribution in [3.63, 3.8) is 0 Å². The van der Waals surface area contributed by atoms with Crippen LogP contribution in [-0.2, 0) is 0 Å². The molecule has 8 aromatic carbocycles. The van der Waals surface area contributed by atoms with Crippen LogP contribution in [0.3, 0.4) is 0 Å². The zero-order valence-corrected chi connectivity index (χ0v) is 27.8. The molecule has 240 valence electrons. The summed E-state index contributed by atoms with van der Waals surface area (Å²) in [5.41, 5.74) is 13.2. The number of para-hydroxylation sites is 5. The number of aromatic nitrogens is 1. The Morgan fingerprint density at radius 1 is 0.392 bits per heavy atom. The van der Waals surface area contributed by atoms with Crippen LogP contribution in [-0.4, -0.2) is 4.57 Å². The highest BCUT2D eigenvalue weighted by atomic mass is 16.3. The van der Waals surface area contributed by atoms with E-state index in [-0.39, 0.29) is 0 Å². The van der Waals surface area contributed by atoms with Crippen LogP contribution in [0.15, 0.2) is 199 Å². The molecular weight excluding hydrogens is 621 g/mol. The van der Waals surface area contributed by atoms with Crippen LogP contribution in [0, 0.1) is 0 Å². The lowest BCUT2D eigenvalue weighted by Gasteiger charge is -2.27. The number of anilines is 3. The van der Waals surface area contributed by atoms with E-state index in [0.717, 1.165) is 55.8 Å². The molecule has 0 spiro atoms. The van der Waals surface area contributed by atoms with Crippen molar-refractivity contribution in [3.8, 4) is 27.9 Å². The summed E-state index contributed by atoms with van der Waals surface area (Å²) in [6, 6.07) is 69.2. The van der Waals surface area contributed by atoms with Gasteiger partial charge in [-0.15, -0.1) is 0 Å². The number of rotatable bonds is 6. The summed E-state index contributed by atoms with van der Waals surface area (Å²) in [7, 11) is 0. The maximum atomic E-state index is 6.37. The van der Waals surface area contributed by atoms with E-state index in [1.165, 1.54) is 32.9 Å². The van der Waals surface area contributed by atoms with Gasteiger partial charge in [0, 0.05) is 33.1 Å². The summed E-state index contributed by atoms with van der Waals surface area (Å²) in [6.45, 7) is 0. The fourth-order valence-electron chi connectivity index (χ4n) is 7.79. The Kier molecular flexibility index (Phi) is 6.81. The van der Waals surface area contributed by atoms with E-state index in [9.17, 15) is 0 Å². The molecule has 3 heteroatoms. The molecule has 0 aliphatic heterocycles. The molecule has 0 atom stereocenters. The molecule has 2 aromatic heterocycles. The zero-order valence-electron chi connectivity index (χ0n) is 27.8. The second-order valence-electron chi connectivity index (χ2n) is 12.9. The van der Waals surface area contributed by atoms with Gasteiger partial charge in [0.2, 0.25) is 0 Å². The third-order valence-corrected chi connectivity index (χ3v) is 10.00.